The van der Waals surface area contributed by atoms with E-state index in [4.69, 9.17) is 5.11 Å². The van der Waals surface area contributed by atoms with Crippen LogP contribution in [0.3, 0.4) is 0 Å². The Bertz CT molecular complexity index is 678. The lowest BCUT2D eigenvalue weighted by molar-refractivity contribution is -0.136. The van der Waals surface area contributed by atoms with Gasteiger partial charge in [-0.1, -0.05) is 12.1 Å². The van der Waals surface area contributed by atoms with Gasteiger partial charge in [-0.15, -0.1) is 0 Å². The lowest BCUT2D eigenvalue weighted by Crippen LogP contribution is -2.12. The number of aromatic amines is 1. The van der Waals surface area contributed by atoms with Crippen LogP contribution < -0.4 is 4.72 Å². The summed E-state index contributed by atoms with van der Waals surface area (Å²) in [5, 5.41) is 8.70. The number of carboxylic acids is 1. The number of H-pyrrole nitrogens is 1. The molecule has 6 nitrogen and oxygen atoms in total. The van der Waals surface area contributed by atoms with Crippen LogP contribution >= 0.6 is 0 Å². The zero-order valence-corrected chi connectivity index (χ0v) is 10.6. The molecule has 7 heteroatoms. The molecule has 2 aromatic rings. The fourth-order valence-electron chi connectivity index (χ4n) is 1.61. The van der Waals surface area contributed by atoms with Gasteiger partial charge in [-0.2, -0.15) is 0 Å². The van der Waals surface area contributed by atoms with Crippen molar-refractivity contribution in [1.29, 1.82) is 0 Å². The number of sulfonamides is 1. The largest absolute Gasteiger partial charge is 0.481 e. The Morgan fingerprint density at radius 1 is 1.32 bits per heavy atom. The van der Waals surface area contributed by atoms with Crippen molar-refractivity contribution in [2.24, 2.45) is 0 Å². The van der Waals surface area contributed by atoms with Gasteiger partial charge in [-0.3, -0.25) is 9.52 Å². The van der Waals surface area contributed by atoms with Crippen LogP contribution in [0.5, 0.6) is 0 Å². The fraction of sp³-hybridized carbons (Fsp3) is 0.0833. The fourth-order valence-corrected chi connectivity index (χ4v) is 2.63. The van der Waals surface area contributed by atoms with Crippen LogP contribution in [0.2, 0.25) is 0 Å². The van der Waals surface area contributed by atoms with E-state index in [0.29, 0.717) is 11.3 Å². The zero-order valence-electron chi connectivity index (χ0n) is 9.83. The van der Waals surface area contributed by atoms with Crippen LogP contribution in [-0.4, -0.2) is 24.5 Å². The van der Waals surface area contributed by atoms with Gasteiger partial charge in [-0.05, 0) is 23.8 Å². The Morgan fingerprint density at radius 3 is 2.74 bits per heavy atom. The highest BCUT2D eigenvalue weighted by atomic mass is 32.2. The van der Waals surface area contributed by atoms with E-state index in [9.17, 15) is 13.2 Å². The molecule has 19 heavy (non-hydrogen) atoms. The van der Waals surface area contributed by atoms with Crippen molar-refractivity contribution in [2.75, 3.05) is 4.72 Å². The lowest BCUT2D eigenvalue weighted by atomic mass is 10.1. The molecule has 1 aromatic carbocycles. The molecule has 0 bridgehead atoms. The third kappa shape index (κ3) is 3.35. The maximum Gasteiger partial charge on any atom is 0.307 e. The van der Waals surface area contributed by atoms with Crippen molar-refractivity contribution in [3.05, 3.63) is 48.3 Å². The SMILES string of the molecule is O=C(O)Cc1cccc(NS(=O)(=O)c2cc[nH]c2)c1. The van der Waals surface area contributed by atoms with Gasteiger partial charge in [0.1, 0.15) is 4.90 Å². The lowest BCUT2D eigenvalue weighted by Gasteiger charge is -2.07. The number of benzene rings is 1. The summed E-state index contributed by atoms with van der Waals surface area (Å²) in [7, 11) is -3.64. The summed E-state index contributed by atoms with van der Waals surface area (Å²) in [5.41, 5.74) is 0.863. The first-order valence-electron chi connectivity index (χ1n) is 5.44. The third-order valence-corrected chi connectivity index (χ3v) is 3.79. The number of aliphatic carboxylic acids is 1. The summed E-state index contributed by atoms with van der Waals surface area (Å²) in [6.07, 6.45) is 2.72. The van der Waals surface area contributed by atoms with Crippen molar-refractivity contribution in [1.82, 2.24) is 4.98 Å². The molecule has 0 unspecified atom stereocenters. The van der Waals surface area contributed by atoms with E-state index in [-0.39, 0.29) is 11.3 Å². The minimum Gasteiger partial charge on any atom is -0.481 e. The quantitative estimate of drug-likeness (QED) is 0.771. The Hall–Kier alpha value is -2.28. The first kappa shape index (κ1) is 13.2. The van der Waals surface area contributed by atoms with E-state index < -0.39 is 16.0 Å². The maximum absolute atomic E-state index is 11.9. The zero-order chi connectivity index (χ0) is 13.9. The average Bonchev–Trinajstić information content (AvgIpc) is 2.81. The molecule has 0 atom stereocenters. The molecule has 0 aliphatic carbocycles. The van der Waals surface area contributed by atoms with Gasteiger partial charge in [0.05, 0.1) is 6.42 Å². The molecular weight excluding hydrogens is 268 g/mol. The standard InChI is InChI=1S/C12H12N2O4S/c15-12(16)7-9-2-1-3-10(6-9)14-19(17,18)11-4-5-13-8-11/h1-6,8,13-14H,7H2,(H,15,16). The van der Waals surface area contributed by atoms with Crippen molar-refractivity contribution >= 4 is 21.7 Å². The normalized spacial score (nSPS) is 11.2. The molecule has 3 N–H and O–H groups in total. The van der Waals surface area contributed by atoms with E-state index in [1.165, 1.54) is 24.5 Å². The first-order valence-corrected chi connectivity index (χ1v) is 6.92. The van der Waals surface area contributed by atoms with Crippen molar-refractivity contribution in [2.45, 2.75) is 11.3 Å². The predicted octanol–water partition coefficient (Wildman–Crippen LogP) is 1.44. The number of anilines is 1. The Balaban J connectivity index is 2.22. The second-order valence-electron chi connectivity index (χ2n) is 3.92. The highest BCUT2D eigenvalue weighted by molar-refractivity contribution is 7.92. The Morgan fingerprint density at radius 2 is 2.11 bits per heavy atom. The maximum atomic E-state index is 11.9. The average molecular weight is 280 g/mol. The second kappa shape index (κ2) is 5.15. The van der Waals surface area contributed by atoms with E-state index in [2.05, 4.69) is 9.71 Å². The predicted molar refractivity (Wildman–Crippen MR) is 69.4 cm³/mol. The summed E-state index contributed by atoms with van der Waals surface area (Å²) in [6.45, 7) is 0. The van der Waals surface area contributed by atoms with Crippen LogP contribution in [0.15, 0.2) is 47.6 Å². The summed E-state index contributed by atoms with van der Waals surface area (Å²) < 4.78 is 26.3. The molecule has 0 amide bonds. The third-order valence-electron chi connectivity index (χ3n) is 2.41. The van der Waals surface area contributed by atoms with Gasteiger partial charge >= 0.3 is 5.97 Å². The Labute approximate surface area is 110 Å². The second-order valence-corrected chi connectivity index (χ2v) is 5.61. The molecule has 0 spiro atoms. The summed E-state index contributed by atoms with van der Waals surface area (Å²) in [6, 6.07) is 7.73. The summed E-state index contributed by atoms with van der Waals surface area (Å²) >= 11 is 0. The van der Waals surface area contributed by atoms with Crippen LogP contribution in [0.1, 0.15) is 5.56 Å². The topological polar surface area (TPSA) is 99.3 Å². The van der Waals surface area contributed by atoms with Gasteiger partial charge in [0.15, 0.2) is 0 Å². The van der Waals surface area contributed by atoms with Crippen LogP contribution in [0.4, 0.5) is 5.69 Å². The molecule has 0 aliphatic rings. The molecule has 1 aromatic heterocycles. The molecule has 0 saturated heterocycles. The molecule has 0 saturated carbocycles. The van der Waals surface area contributed by atoms with Crippen LogP contribution in [0.25, 0.3) is 0 Å². The highest BCUT2D eigenvalue weighted by Gasteiger charge is 2.14. The summed E-state index contributed by atoms with van der Waals surface area (Å²) in [4.78, 5) is 13.4. The minimum absolute atomic E-state index is 0.121. The number of carboxylic acid groups (broad SMARTS) is 1. The number of nitrogens with one attached hydrogen (secondary N) is 2. The van der Waals surface area contributed by atoms with Crippen molar-refractivity contribution < 1.29 is 18.3 Å². The number of hydrogen-bond donors (Lipinski definition) is 3. The number of aromatic nitrogens is 1. The van der Waals surface area contributed by atoms with E-state index >= 15 is 0 Å². The number of hydrogen-bond acceptors (Lipinski definition) is 3. The van der Waals surface area contributed by atoms with Gasteiger partial charge in [0, 0.05) is 18.1 Å². The van der Waals surface area contributed by atoms with E-state index in [1.54, 1.807) is 18.2 Å². The Kier molecular flexibility index (Phi) is 3.57. The smallest absolute Gasteiger partial charge is 0.307 e. The molecule has 0 aliphatic heterocycles. The van der Waals surface area contributed by atoms with Crippen molar-refractivity contribution in [3.63, 3.8) is 0 Å². The highest BCUT2D eigenvalue weighted by Crippen LogP contribution is 2.17. The summed E-state index contributed by atoms with van der Waals surface area (Å²) in [5.74, 6) is -0.967. The van der Waals surface area contributed by atoms with Gasteiger partial charge in [0.25, 0.3) is 10.0 Å². The molecule has 100 valence electrons. The van der Waals surface area contributed by atoms with Crippen LogP contribution in [0, 0.1) is 0 Å². The molecular formula is C12H12N2O4S. The monoisotopic (exact) mass is 280 g/mol. The first-order chi connectivity index (χ1) is 8.97. The number of carbonyl (C=O) groups is 1. The van der Waals surface area contributed by atoms with E-state index in [0.717, 1.165) is 0 Å². The molecule has 0 fully saturated rings. The molecule has 0 radical (unpaired) electrons. The van der Waals surface area contributed by atoms with E-state index in [1.807, 2.05) is 0 Å². The van der Waals surface area contributed by atoms with Gasteiger partial charge in [0.2, 0.25) is 0 Å². The molecule has 2 rings (SSSR count). The minimum atomic E-state index is -3.64. The van der Waals surface area contributed by atoms with Crippen LogP contribution in [-0.2, 0) is 21.2 Å². The van der Waals surface area contributed by atoms with Gasteiger partial charge < -0.3 is 10.1 Å². The van der Waals surface area contributed by atoms with Gasteiger partial charge in [-0.25, -0.2) is 8.42 Å². The molecule has 1 heterocycles. The van der Waals surface area contributed by atoms with Crippen molar-refractivity contribution in [3.8, 4) is 0 Å². The number of rotatable bonds is 5.